The summed E-state index contributed by atoms with van der Waals surface area (Å²) in [6, 6.07) is 8.66. The van der Waals surface area contributed by atoms with Crippen molar-refractivity contribution in [2.75, 3.05) is 10.7 Å². The first-order chi connectivity index (χ1) is 10.1. The van der Waals surface area contributed by atoms with Gasteiger partial charge in [-0.15, -0.1) is 0 Å². The molecule has 0 saturated heterocycles. The van der Waals surface area contributed by atoms with Crippen LogP contribution in [0.1, 0.15) is 10.5 Å². The van der Waals surface area contributed by atoms with E-state index in [1.807, 2.05) is 0 Å². The summed E-state index contributed by atoms with van der Waals surface area (Å²) >= 11 is 0. The second-order valence-electron chi connectivity index (χ2n) is 3.93. The first-order valence-electron chi connectivity index (χ1n) is 5.87. The molecule has 0 saturated carbocycles. The van der Waals surface area contributed by atoms with Crippen molar-refractivity contribution in [2.45, 2.75) is 6.61 Å². The van der Waals surface area contributed by atoms with Crippen LogP contribution in [0, 0.1) is 0 Å². The molecule has 0 aliphatic rings. The lowest BCUT2D eigenvalue weighted by atomic mass is 10.2. The van der Waals surface area contributed by atoms with Crippen LogP contribution in [0.2, 0.25) is 0 Å². The number of nitrogens with zero attached hydrogens (tertiary/aromatic N) is 1. The molecule has 1 heterocycles. The highest BCUT2D eigenvalue weighted by atomic mass is 19.3. The summed E-state index contributed by atoms with van der Waals surface area (Å²) < 4.78 is 28.2. The fourth-order valence-electron chi connectivity index (χ4n) is 1.53. The summed E-state index contributed by atoms with van der Waals surface area (Å²) in [4.78, 5) is 15.8. The number of halogens is 2. The van der Waals surface area contributed by atoms with E-state index in [2.05, 4.69) is 20.5 Å². The van der Waals surface area contributed by atoms with Gasteiger partial charge in [0, 0.05) is 5.69 Å². The van der Waals surface area contributed by atoms with E-state index in [1.54, 1.807) is 6.07 Å². The van der Waals surface area contributed by atoms with Gasteiger partial charge in [0.25, 0.3) is 5.91 Å². The van der Waals surface area contributed by atoms with Gasteiger partial charge in [-0.05, 0) is 36.4 Å². The average Bonchev–Trinajstić information content (AvgIpc) is 2.49. The van der Waals surface area contributed by atoms with E-state index in [9.17, 15) is 13.6 Å². The van der Waals surface area contributed by atoms with Gasteiger partial charge in [-0.2, -0.15) is 8.78 Å². The van der Waals surface area contributed by atoms with Gasteiger partial charge in [0.1, 0.15) is 11.4 Å². The van der Waals surface area contributed by atoms with Crippen molar-refractivity contribution < 1.29 is 18.3 Å². The smallest absolute Gasteiger partial charge is 0.387 e. The Bertz CT molecular complexity index is 603. The molecule has 0 atom stereocenters. The summed E-state index contributed by atoms with van der Waals surface area (Å²) in [7, 11) is 0. The van der Waals surface area contributed by atoms with Gasteiger partial charge in [0.05, 0.1) is 11.9 Å². The van der Waals surface area contributed by atoms with E-state index in [4.69, 9.17) is 5.84 Å². The molecule has 6 nitrogen and oxygen atoms in total. The third-order valence-corrected chi connectivity index (χ3v) is 2.50. The first kappa shape index (κ1) is 14.7. The summed E-state index contributed by atoms with van der Waals surface area (Å²) in [5, 5.41) is 2.58. The molecule has 0 spiro atoms. The molecular formula is C13H12F2N4O2. The highest BCUT2D eigenvalue weighted by Gasteiger charge is 2.08. The lowest BCUT2D eigenvalue weighted by Gasteiger charge is -2.07. The summed E-state index contributed by atoms with van der Waals surface area (Å²) in [5.74, 6) is 4.78. The Balaban J connectivity index is 2.01. The van der Waals surface area contributed by atoms with Crippen LogP contribution in [-0.4, -0.2) is 17.5 Å². The third kappa shape index (κ3) is 4.11. The fourth-order valence-corrected chi connectivity index (χ4v) is 1.53. The number of ether oxygens (including phenoxy) is 1. The van der Waals surface area contributed by atoms with Crippen LogP contribution in [0.3, 0.4) is 0 Å². The van der Waals surface area contributed by atoms with Crippen molar-refractivity contribution in [3.8, 4) is 5.75 Å². The van der Waals surface area contributed by atoms with Crippen LogP contribution in [0.25, 0.3) is 0 Å². The van der Waals surface area contributed by atoms with Gasteiger partial charge in [-0.1, -0.05) is 0 Å². The number of anilines is 2. The summed E-state index contributed by atoms with van der Waals surface area (Å²) in [6.45, 7) is -2.88. The Morgan fingerprint density at radius 1 is 1.14 bits per heavy atom. The monoisotopic (exact) mass is 294 g/mol. The molecule has 2 aromatic rings. The van der Waals surface area contributed by atoms with E-state index in [0.717, 1.165) is 0 Å². The second kappa shape index (κ2) is 6.62. The van der Waals surface area contributed by atoms with E-state index in [0.29, 0.717) is 11.4 Å². The molecule has 0 aliphatic carbocycles. The van der Waals surface area contributed by atoms with Crippen LogP contribution >= 0.6 is 0 Å². The van der Waals surface area contributed by atoms with Gasteiger partial charge >= 0.3 is 6.61 Å². The molecule has 1 amide bonds. The predicted molar refractivity (Wildman–Crippen MR) is 73.1 cm³/mol. The summed E-state index contributed by atoms with van der Waals surface area (Å²) in [6.07, 6.45) is 1.41. The lowest BCUT2D eigenvalue weighted by Crippen LogP contribution is -2.14. The van der Waals surface area contributed by atoms with Crippen molar-refractivity contribution in [3.63, 3.8) is 0 Å². The molecule has 110 valence electrons. The highest BCUT2D eigenvalue weighted by molar-refractivity contribution is 6.02. The zero-order chi connectivity index (χ0) is 15.2. The minimum absolute atomic E-state index is 0.0134. The number of amides is 1. The standard InChI is InChI=1S/C13H12F2N4O2/c14-13(15)21-10-4-1-8(2-5-10)18-12(20)11-6-3-9(19-16)7-17-11/h1-7,13,19H,16H2,(H,18,20). The molecule has 2 rings (SSSR count). The minimum atomic E-state index is -2.88. The number of alkyl halides is 2. The Kier molecular flexibility index (Phi) is 4.62. The Morgan fingerprint density at radius 2 is 1.81 bits per heavy atom. The predicted octanol–water partition coefficient (Wildman–Crippen LogP) is 2.22. The van der Waals surface area contributed by atoms with E-state index < -0.39 is 12.5 Å². The van der Waals surface area contributed by atoms with Gasteiger partial charge in [0.15, 0.2) is 0 Å². The number of carbonyl (C=O) groups is 1. The number of hydrazine groups is 1. The molecule has 0 bridgehead atoms. The number of carbonyl (C=O) groups excluding carboxylic acids is 1. The maximum Gasteiger partial charge on any atom is 0.387 e. The number of nitrogen functional groups attached to an aromatic ring is 1. The van der Waals surface area contributed by atoms with Crippen molar-refractivity contribution in [1.29, 1.82) is 0 Å². The number of aromatic nitrogens is 1. The Hall–Kier alpha value is -2.74. The maximum atomic E-state index is 12.0. The van der Waals surface area contributed by atoms with Crippen LogP contribution in [0.4, 0.5) is 20.2 Å². The van der Waals surface area contributed by atoms with E-state index >= 15 is 0 Å². The van der Waals surface area contributed by atoms with E-state index in [1.165, 1.54) is 36.5 Å². The molecule has 0 fully saturated rings. The first-order valence-corrected chi connectivity index (χ1v) is 5.87. The van der Waals surface area contributed by atoms with Crippen LogP contribution in [-0.2, 0) is 0 Å². The minimum Gasteiger partial charge on any atom is -0.435 e. The van der Waals surface area contributed by atoms with E-state index in [-0.39, 0.29) is 11.4 Å². The van der Waals surface area contributed by atoms with Crippen molar-refractivity contribution >= 4 is 17.3 Å². The van der Waals surface area contributed by atoms with Crippen LogP contribution in [0.5, 0.6) is 5.75 Å². The molecule has 1 aromatic carbocycles. The lowest BCUT2D eigenvalue weighted by molar-refractivity contribution is -0.0498. The van der Waals surface area contributed by atoms with Gasteiger partial charge < -0.3 is 15.5 Å². The van der Waals surface area contributed by atoms with Gasteiger partial charge in [-0.25, -0.2) is 4.98 Å². The molecule has 8 heteroatoms. The molecule has 0 aliphatic heterocycles. The molecule has 4 N–H and O–H groups in total. The number of nitrogens with one attached hydrogen (secondary N) is 2. The molecule has 1 aromatic heterocycles. The van der Waals surface area contributed by atoms with Crippen molar-refractivity contribution in [2.24, 2.45) is 5.84 Å². The van der Waals surface area contributed by atoms with Gasteiger partial charge in [0.2, 0.25) is 0 Å². The SMILES string of the molecule is NNc1ccc(C(=O)Nc2ccc(OC(F)F)cc2)nc1. The largest absolute Gasteiger partial charge is 0.435 e. The second-order valence-corrected chi connectivity index (χ2v) is 3.93. The molecule has 0 radical (unpaired) electrons. The number of nitrogens with two attached hydrogens (primary N) is 1. The number of rotatable bonds is 5. The number of hydrogen-bond donors (Lipinski definition) is 3. The zero-order valence-corrected chi connectivity index (χ0v) is 10.7. The fraction of sp³-hybridized carbons (Fsp3) is 0.0769. The normalized spacial score (nSPS) is 10.3. The third-order valence-electron chi connectivity index (χ3n) is 2.50. The quantitative estimate of drug-likeness (QED) is 0.581. The molecule has 21 heavy (non-hydrogen) atoms. The topological polar surface area (TPSA) is 89.3 Å². The number of benzene rings is 1. The van der Waals surface area contributed by atoms with Gasteiger partial charge in [-0.3, -0.25) is 10.6 Å². The molecular weight excluding hydrogens is 282 g/mol. The highest BCUT2D eigenvalue weighted by Crippen LogP contribution is 2.18. The Morgan fingerprint density at radius 3 is 2.33 bits per heavy atom. The summed E-state index contributed by atoms with van der Waals surface area (Å²) in [5.41, 5.74) is 3.60. The number of hydrogen-bond acceptors (Lipinski definition) is 5. The maximum absolute atomic E-state index is 12.0. The van der Waals surface area contributed by atoms with Crippen LogP contribution in [0.15, 0.2) is 42.6 Å². The zero-order valence-electron chi connectivity index (χ0n) is 10.7. The van der Waals surface area contributed by atoms with Crippen molar-refractivity contribution in [3.05, 3.63) is 48.3 Å². The Labute approximate surface area is 118 Å². The number of pyridine rings is 1. The van der Waals surface area contributed by atoms with Crippen LogP contribution < -0.4 is 21.3 Å². The average molecular weight is 294 g/mol. The van der Waals surface area contributed by atoms with Crippen molar-refractivity contribution in [1.82, 2.24) is 4.98 Å². The molecule has 0 unspecified atom stereocenters.